The summed E-state index contributed by atoms with van der Waals surface area (Å²) in [6.45, 7) is 5.47. The van der Waals surface area contributed by atoms with Gasteiger partial charge in [-0.25, -0.2) is 0 Å². The van der Waals surface area contributed by atoms with Crippen LogP contribution < -0.4 is 0 Å². The summed E-state index contributed by atoms with van der Waals surface area (Å²) < 4.78 is 13.9. The third kappa shape index (κ3) is 4.18. The summed E-state index contributed by atoms with van der Waals surface area (Å²) in [5.41, 5.74) is 2.68. The van der Waals surface area contributed by atoms with E-state index in [0.29, 0.717) is 21.5 Å². The van der Waals surface area contributed by atoms with Gasteiger partial charge in [-0.05, 0) is 70.3 Å². The van der Waals surface area contributed by atoms with Crippen LogP contribution >= 0.6 is 23.5 Å². The third-order valence-electron chi connectivity index (χ3n) is 8.08. The fourth-order valence-corrected chi connectivity index (χ4v) is 10.4. The fraction of sp³-hybridized carbons (Fsp3) is 0.760. The monoisotopic (exact) mass is 477 g/mol. The number of nitrogens with zero attached hydrogens (tertiary/aromatic N) is 1. The van der Waals surface area contributed by atoms with Crippen LogP contribution in [-0.4, -0.2) is 51.2 Å². The molecule has 5 rings (SSSR count). The molecule has 2 saturated carbocycles. The zero-order chi connectivity index (χ0) is 22.3. The maximum atomic E-state index is 12.9. The van der Waals surface area contributed by atoms with Gasteiger partial charge in [-0.3, -0.25) is 9.59 Å². The highest BCUT2D eigenvalue weighted by atomic mass is 32.2. The molecule has 4 fully saturated rings. The Hall–Kier alpha value is -0.920. The molecule has 7 heteroatoms. The Bertz CT molecular complexity index is 854. The van der Waals surface area contributed by atoms with Gasteiger partial charge in [0.25, 0.3) is 0 Å². The summed E-state index contributed by atoms with van der Waals surface area (Å²) in [5.74, 6) is 3.40. The van der Waals surface area contributed by atoms with Gasteiger partial charge in [0.1, 0.15) is 0 Å². The van der Waals surface area contributed by atoms with Crippen molar-refractivity contribution in [3.8, 4) is 0 Å². The predicted octanol–water partition coefficient (Wildman–Crippen LogP) is 5.01. The fourth-order valence-electron chi connectivity index (χ4n) is 6.49. The first kappa shape index (κ1) is 22.9. The number of thioether (sulfide) groups is 2. The van der Waals surface area contributed by atoms with Gasteiger partial charge < -0.3 is 14.0 Å². The van der Waals surface area contributed by atoms with Crippen molar-refractivity contribution in [3.05, 3.63) is 23.0 Å². The summed E-state index contributed by atoms with van der Waals surface area (Å²) >= 11 is 4.30. The molecular formula is C25H35NO4S2. The molecule has 1 aromatic heterocycles. The summed E-state index contributed by atoms with van der Waals surface area (Å²) in [6.07, 6.45) is 8.02. The molecule has 4 aliphatic rings. The molecular weight excluding hydrogens is 442 g/mol. The van der Waals surface area contributed by atoms with E-state index in [4.69, 9.17) is 9.47 Å². The lowest BCUT2D eigenvalue weighted by atomic mass is 9.67. The standard InChI is InChI=1S/C25H35NO4S2/c1-16-11-22(17(2)26(16)14-21-7-4-8-29-21)23(27)15-30-24(28)18-12-19-5-3-6-20(13-18)25(19)31-9-10-32-25/h11,18-21H,3-10,12-15H2,1-2H3/t18?,19-,20+,21-/m0/s1. The molecule has 5 nitrogen and oxygen atoms in total. The van der Waals surface area contributed by atoms with Gasteiger partial charge in [-0.1, -0.05) is 6.42 Å². The summed E-state index contributed by atoms with van der Waals surface area (Å²) in [5, 5.41) is 0. The quantitative estimate of drug-likeness (QED) is 0.424. The summed E-state index contributed by atoms with van der Waals surface area (Å²) in [4.78, 5) is 25.9. The van der Waals surface area contributed by atoms with Crippen molar-refractivity contribution >= 4 is 35.3 Å². The van der Waals surface area contributed by atoms with Crippen molar-refractivity contribution < 1.29 is 19.1 Å². The van der Waals surface area contributed by atoms with Gasteiger partial charge in [0, 0.05) is 41.6 Å². The van der Waals surface area contributed by atoms with Crippen LogP contribution in [0.25, 0.3) is 0 Å². The van der Waals surface area contributed by atoms with Gasteiger partial charge >= 0.3 is 5.97 Å². The molecule has 1 unspecified atom stereocenters. The second kappa shape index (κ2) is 9.38. The normalized spacial score (nSPS) is 31.2. The Morgan fingerprint density at radius 2 is 1.84 bits per heavy atom. The van der Waals surface area contributed by atoms with Gasteiger partial charge in [-0.2, -0.15) is 0 Å². The smallest absolute Gasteiger partial charge is 0.309 e. The lowest BCUT2D eigenvalue weighted by Gasteiger charge is -2.51. The predicted molar refractivity (Wildman–Crippen MR) is 129 cm³/mol. The van der Waals surface area contributed by atoms with Gasteiger partial charge in [0.15, 0.2) is 6.61 Å². The first-order valence-corrected chi connectivity index (χ1v) is 14.2. The van der Waals surface area contributed by atoms with Crippen LogP contribution in [0.2, 0.25) is 0 Å². The highest BCUT2D eigenvalue weighted by Gasteiger charge is 2.55. The molecule has 4 atom stereocenters. The van der Waals surface area contributed by atoms with Gasteiger partial charge in [0.05, 0.1) is 16.1 Å². The number of aryl methyl sites for hydroxylation is 1. The van der Waals surface area contributed by atoms with Crippen molar-refractivity contribution in [2.45, 2.75) is 75.5 Å². The van der Waals surface area contributed by atoms with E-state index in [-0.39, 0.29) is 30.4 Å². The molecule has 0 amide bonds. The number of hydrogen-bond donors (Lipinski definition) is 0. The number of rotatable bonds is 6. The van der Waals surface area contributed by atoms with Crippen molar-refractivity contribution in [2.75, 3.05) is 24.7 Å². The Morgan fingerprint density at radius 1 is 1.12 bits per heavy atom. The van der Waals surface area contributed by atoms with Crippen molar-refractivity contribution in [3.63, 3.8) is 0 Å². The van der Waals surface area contributed by atoms with E-state index in [1.807, 2.05) is 19.9 Å². The molecule has 3 heterocycles. The van der Waals surface area contributed by atoms with Crippen molar-refractivity contribution in [1.82, 2.24) is 4.57 Å². The number of carbonyl (C=O) groups is 2. The largest absolute Gasteiger partial charge is 0.457 e. The molecule has 32 heavy (non-hydrogen) atoms. The van der Waals surface area contributed by atoms with Crippen LogP contribution in [0.4, 0.5) is 0 Å². The highest BCUT2D eigenvalue weighted by molar-refractivity contribution is 8.21. The third-order valence-corrected chi connectivity index (χ3v) is 12.1. The molecule has 176 valence electrons. The molecule has 0 aromatic carbocycles. The Balaban J connectivity index is 1.19. The maximum Gasteiger partial charge on any atom is 0.309 e. The molecule has 1 spiro atoms. The second-order valence-corrected chi connectivity index (χ2v) is 13.0. The SMILES string of the molecule is Cc1cc(C(=O)COC(=O)C2C[C@H]3CCC[C@@H](C2)C32SCCS2)c(C)n1C[C@@H]1CCCO1. The molecule has 2 saturated heterocycles. The van der Waals surface area contributed by atoms with E-state index in [1.54, 1.807) is 0 Å². The number of carbonyl (C=O) groups excluding carboxylic acids is 2. The molecule has 0 N–H and O–H groups in total. The number of esters is 1. The van der Waals surface area contributed by atoms with E-state index in [1.165, 1.54) is 30.8 Å². The van der Waals surface area contributed by atoms with E-state index < -0.39 is 0 Å². The van der Waals surface area contributed by atoms with Crippen LogP contribution in [0.15, 0.2) is 6.07 Å². The topological polar surface area (TPSA) is 57.5 Å². The zero-order valence-electron chi connectivity index (χ0n) is 19.3. The van der Waals surface area contributed by atoms with Gasteiger partial charge in [-0.15, -0.1) is 23.5 Å². The number of ether oxygens (including phenoxy) is 2. The highest BCUT2D eigenvalue weighted by Crippen LogP contribution is 2.64. The molecule has 1 aromatic rings. The van der Waals surface area contributed by atoms with Gasteiger partial charge in [0.2, 0.25) is 5.78 Å². The van der Waals surface area contributed by atoms with Crippen LogP contribution in [-0.2, 0) is 20.8 Å². The zero-order valence-corrected chi connectivity index (χ0v) is 20.9. The molecule has 0 radical (unpaired) electrons. The first-order valence-electron chi connectivity index (χ1n) is 12.2. The average Bonchev–Trinajstić information content (AvgIpc) is 3.51. The maximum absolute atomic E-state index is 12.9. The Labute approximate surface area is 199 Å². The lowest BCUT2D eigenvalue weighted by Crippen LogP contribution is -2.48. The number of ketones is 1. The first-order chi connectivity index (χ1) is 15.5. The van der Waals surface area contributed by atoms with Crippen LogP contribution in [0, 0.1) is 31.6 Å². The number of Topliss-reactive ketones (excluding diaryl/α,β-unsaturated/α-hetero) is 1. The van der Waals surface area contributed by atoms with Crippen LogP contribution in [0.3, 0.4) is 0 Å². The van der Waals surface area contributed by atoms with Crippen LogP contribution in [0.5, 0.6) is 0 Å². The van der Waals surface area contributed by atoms with E-state index in [2.05, 4.69) is 28.1 Å². The molecule has 2 aliphatic heterocycles. The number of hydrogen-bond acceptors (Lipinski definition) is 6. The Kier molecular flexibility index (Phi) is 6.70. The van der Waals surface area contributed by atoms with Crippen molar-refractivity contribution in [2.24, 2.45) is 17.8 Å². The molecule has 2 aliphatic carbocycles. The average molecular weight is 478 g/mol. The van der Waals surface area contributed by atoms with Crippen molar-refractivity contribution in [1.29, 1.82) is 0 Å². The lowest BCUT2D eigenvalue weighted by molar-refractivity contribution is -0.150. The second-order valence-electron chi connectivity index (χ2n) is 9.97. The minimum Gasteiger partial charge on any atom is -0.457 e. The van der Waals surface area contributed by atoms with E-state index >= 15 is 0 Å². The Morgan fingerprint density at radius 3 is 2.50 bits per heavy atom. The minimum absolute atomic E-state index is 0.0440. The minimum atomic E-state index is -0.161. The molecule has 2 bridgehead atoms. The number of aromatic nitrogens is 1. The van der Waals surface area contributed by atoms with E-state index in [0.717, 1.165) is 50.2 Å². The van der Waals surface area contributed by atoms with E-state index in [9.17, 15) is 9.59 Å². The summed E-state index contributed by atoms with van der Waals surface area (Å²) in [6, 6.07) is 1.93. The van der Waals surface area contributed by atoms with Crippen LogP contribution in [0.1, 0.15) is 66.7 Å². The summed E-state index contributed by atoms with van der Waals surface area (Å²) in [7, 11) is 0.